The Morgan fingerprint density at radius 2 is 1.91 bits per heavy atom. The van der Waals surface area contributed by atoms with Crippen molar-refractivity contribution in [3.05, 3.63) is 42.5 Å². The monoisotopic (exact) mass is 329 g/mol. The molecule has 0 saturated heterocycles. The Morgan fingerprint density at radius 3 is 2.43 bits per heavy atom. The summed E-state index contributed by atoms with van der Waals surface area (Å²) in [6.45, 7) is 1.85. The zero-order chi connectivity index (χ0) is 17.5. The Kier molecular flexibility index (Phi) is 6.68. The van der Waals surface area contributed by atoms with Gasteiger partial charge in [-0.3, -0.25) is 4.79 Å². The number of hydrogen-bond acceptors (Lipinski definition) is 3. The van der Waals surface area contributed by atoms with Crippen LogP contribution in [0.4, 0.5) is 13.2 Å². The van der Waals surface area contributed by atoms with E-state index in [1.54, 1.807) is 18.2 Å². The number of benzene rings is 1. The third-order valence-electron chi connectivity index (χ3n) is 2.86. The largest absolute Gasteiger partial charge is 0.493 e. The first-order valence-electron chi connectivity index (χ1n) is 6.67. The van der Waals surface area contributed by atoms with Crippen molar-refractivity contribution >= 4 is 12.0 Å². The van der Waals surface area contributed by atoms with E-state index in [0.29, 0.717) is 22.0 Å². The van der Waals surface area contributed by atoms with Crippen molar-refractivity contribution < 1.29 is 27.4 Å². The number of halogens is 3. The molecule has 0 aliphatic carbocycles. The molecule has 4 nitrogen and oxygen atoms in total. The van der Waals surface area contributed by atoms with Crippen LogP contribution in [-0.2, 0) is 4.79 Å². The van der Waals surface area contributed by atoms with Crippen LogP contribution >= 0.6 is 0 Å². The van der Waals surface area contributed by atoms with E-state index in [9.17, 15) is 18.0 Å². The van der Waals surface area contributed by atoms with E-state index in [-0.39, 0.29) is 6.54 Å². The van der Waals surface area contributed by atoms with E-state index in [1.165, 1.54) is 26.4 Å². The third-order valence-corrected chi connectivity index (χ3v) is 2.86. The van der Waals surface area contributed by atoms with Crippen molar-refractivity contribution in [3.63, 3.8) is 0 Å². The predicted octanol–water partition coefficient (Wildman–Crippen LogP) is 3.29. The van der Waals surface area contributed by atoms with Crippen LogP contribution in [-0.4, -0.2) is 44.3 Å². The maximum Gasteiger partial charge on any atom is 0.406 e. The van der Waals surface area contributed by atoms with Crippen molar-refractivity contribution in [1.82, 2.24) is 4.90 Å². The van der Waals surface area contributed by atoms with Gasteiger partial charge in [-0.1, -0.05) is 12.1 Å². The van der Waals surface area contributed by atoms with E-state index in [1.807, 2.05) is 0 Å². The summed E-state index contributed by atoms with van der Waals surface area (Å²) in [5.41, 5.74) is 0.599. The molecule has 0 N–H and O–H groups in total. The van der Waals surface area contributed by atoms with Crippen LogP contribution in [0.3, 0.4) is 0 Å². The highest BCUT2D eigenvalue weighted by molar-refractivity contribution is 5.92. The van der Waals surface area contributed by atoms with Gasteiger partial charge in [-0.2, -0.15) is 13.2 Å². The Balaban J connectivity index is 2.89. The summed E-state index contributed by atoms with van der Waals surface area (Å²) in [4.78, 5) is 12.6. The molecule has 0 saturated carbocycles. The Morgan fingerprint density at radius 1 is 1.26 bits per heavy atom. The average Bonchev–Trinajstić information content (AvgIpc) is 2.50. The van der Waals surface area contributed by atoms with E-state index in [4.69, 9.17) is 9.47 Å². The van der Waals surface area contributed by atoms with Gasteiger partial charge in [0.15, 0.2) is 11.5 Å². The van der Waals surface area contributed by atoms with Crippen molar-refractivity contribution in [2.75, 3.05) is 27.3 Å². The summed E-state index contributed by atoms with van der Waals surface area (Å²) in [5, 5.41) is 0. The number of amides is 1. The van der Waals surface area contributed by atoms with Gasteiger partial charge in [0.2, 0.25) is 5.91 Å². The standard InChI is InChI=1S/C16H18F3NO3/c1-4-9-20(11-16(17,18)19)15(21)8-6-12-5-7-13(22-2)14(10-12)23-3/h4-8,10H,1,9,11H2,2-3H3. The van der Waals surface area contributed by atoms with Crippen LogP contribution in [0.25, 0.3) is 6.08 Å². The fourth-order valence-corrected chi connectivity index (χ4v) is 1.83. The molecule has 0 aromatic heterocycles. The van der Waals surface area contributed by atoms with Gasteiger partial charge >= 0.3 is 6.18 Å². The molecule has 0 aliphatic rings. The molecular weight excluding hydrogens is 311 g/mol. The summed E-state index contributed by atoms with van der Waals surface area (Å²) in [6, 6.07) is 4.91. The molecule has 0 fully saturated rings. The predicted molar refractivity (Wildman–Crippen MR) is 81.4 cm³/mol. The average molecular weight is 329 g/mol. The van der Waals surface area contributed by atoms with Gasteiger partial charge in [-0.05, 0) is 23.8 Å². The zero-order valence-electron chi connectivity index (χ0n) is 12.9. The van der Waals surface area contributed by atoms with Crippen LogP contribution in [0.1, 0.15) is 5.56 Å². The maximum atomic E-state index is 12.5. The van der Waals surface area contributed by atoms with Crippen LogP contribution in [0.2, 0.25) is 0 Å². The molecular formula is C16H18F3NO3. The van der Waals surface area contributed by atoms with Gasteiger partial charge in [0.25, 0.3) is 0 Å². The fraction of sp³-hybridized carbons (Fsp3) is 0.312. The molecule has 1 rings (SSSR count). The molecule has 0 unspecified atom stereocenters. The molecule has 126 valence electrons. The quantitative estimate of drug-likeness (QED) is 0.569. The van der Waals surface area contributed by atoms with Crippen molar-refractivity contribution in [1.29, 1.82) is 0 Å². The minimum atomic E-state index is -4.46. The molecule has 1 aromatic carbocycles. The van der Waals surface area contributed by atoms with Crippen LogP contribution in [0.15, 0.2) is 36.9 Å². The molecule has 0 bridgehead atoms. The highest BCUT2D eigenvalue weighted by Gasteiger charge is 2.31. The second-order valence-electron chi connectivity index (χ2n) is 4.57. The summed E-state index contributed by atoms with van der Waals surface area (Å²) < 4.78 is 47.6. The number of hydrogen-bond donors (Lipinski definition) is 0. The molecule has 7 heteroatoms. The molecule has 1 aromatic rings. The van der Waals surface area contributed by atoms with Gasteiger partial charge in [-0.25, -0.2) is 0 Å². The first-order valence-corrected chi connectivity index (χ1v) is 6.67. The van der Waals surface area contributed by atoms with E-state index >= 15 is 0 Å². The van der Waals surface area contributed by atoms with Crippen LogP contribution in [0, 0.1) is 0 Å². The fourth-order valence-electron chi connectivity index (χ4n) is 1.83. The summed E-state index contributed by atoms with van der Waals surface area (Å²) in [7, 11) is 2.95. The van der Waals surface area contributed by atoms with E-state index < -0.39 is 18.6 Å². The lowest BCUT2D eigenvalue weighted by molar-refractivity contribution is -0.157. The first kappa shape index (κ1) is 18.6. The lowest BCUT2D eigenvalue weighted by Crippen LogP contribution is -2.38. The van der Waals surface area contributed by atoms with Gasteiger partial charge in [0.1, 0.15) is 6.54 Å². The summed E-state index contributed by atoms with van der Waals surface area (Å²) >= 11 is 0. The van der Waals surface area contributed by atoms with Gasteiger partial charge in [0.05, 0.1) is 14.2 Å². The van der Waals surface area contributed by atoms with Crippen molar-refractivity contribution in [2.24, 2.45) is 0 Å². The van der Waals surface area contributed by atoms with Crippen molar-refractivity contribution in [2.45, 2.75) is 6.18 Å². The van der Waals surface area contributed by atoms with E-state index in [2.05, 4.69) is 6.58 Å². The smallest absolute Gasteiger partial charge is 0.406 e. The number of rotatable bonds is 7. The number of alkyl halides is 3. The van der Waals surface area contributed by atoms with E-state index in [0.717, 1.165) is 6.08 Å². The highest BCUT2D eigenvalue weighted by atomic mass is 19.4. The second kappa shape index (κ2) is 8.26. The topological polar surface area (TPSA) is 38.8 Å². The van der Waals surface area contributed by atoms with Crippen LogP contribution < -0.4 is 9.47 Å². The van der Waals surface area contributed by atoms with Gasteiger partial charge < -0.3 is 14.4 Å². The zero-order valence-corrected chi connectivity index (χ0v) is 12.9. The molecule has 0 radical (unpaired) electrons. The Labute approximate surface area is 132 Å². The highest BCUT2D eigenvalue weighted by Crippen LogP contribution is 2.28. The lowest BCUT2D eigenvalue weighted by Gasteiger charge is -2.20. The third kappa shape index (κ3) is 6.06. The SMILES string of the molecule is C=CCN(CC(F)(F)F)C(=O)C=Cc1ccc(OC)c(OC)c1. The number of nitrogens with zero attached hydrogens (tertiary/aromatic N) is 1. The maximum absolute atomic E-state index is 12.5. The Bertz CT molecular complexity index is 582. The first-order chi connectivity index (χ1) is 10.8. The number of carbonyl (C=O) groups excluding carboxylic acids is 1. The summed E-state index contributed by atoms with van der Waals surface area (Å²) in [6.07, 6.45) is -0.725. The lowest BCUT2D eigenvalue weighted by atomic mass is 10.2. The second-order valence-corrected chi connectivity index (χ2v) is 4.57. The summed E-state index contributed by atoms with van der Waals surface area (Å²) in [5.74, 6) is 0.221. The number of methoxy groups -OCH3 is 2. The number of ether oxygens (including phenoxy) is 2. The molecule has 0 aliphatic heterocycles. The molecule has 23 heavy (non-hydrogen) atoms. The van der Waals surface area contributed by atoms with Crippen molar-refractivity contribution in [3.8, 4) is 11.5 Å². The van der Waals surface area contributed by atoms with Gasteiger partial charge in [0, 0.05) is 12.6 Å². The molecule has 0 spiro atoms. The molecule has 1 amide bonds. The Hall–Kier alpha value is -2.44. The normalized spacial score (nSPS) is 11.3. The van der Waals surface area contributed by atoms with Crippen LogP contribution in [0.5, 0.6) is 11.5 Å². The number of carbonyl (C=O) groups is 1. The minimum absolute atomic E-state index is 0.186. The van der Waals surface area contributed by atoms with Gasteiger partial charge in [-0.15, -0.1) is 6.58 Å². The molecule has 0 atom stereocenters. The minimum Gasteiger partial charge on any atom is -0.493 e. The molecule has 0 heterocycles.